The summed E-state index contributed by atoms with van der Waals surface area (Å²) in [6, 6.07) is 8.58. The van der Waals surface area contributed by atoms with Gasteiger partial charge in [-0.3, -0.25) is 4.79 Å². The predicted molar refractivity (Wildman–Crippen MR) is 68.1 cm³/mol. The third kappa shape index (κ3) is 3.47. The van der Waals surface area contributed by atoms with Crippen molar-refractivity contribution in [2.75, 3.05) is 0 Å². The van der Waals surface area contributed by atoms with Crippen molar-refractivity contribution in [1.82, 2.24) is 4.57 Å². The lowest BCUT2D eigenvalue weighted by molar-refractivity contribution is -0.0885. The Balaban J connectivity index is 2.14. The lowest BCUT2D eigenvalue weighted by Crippen LogP contribution is -2.22. The summed E-state index contributed by atoms with van der Waals surface area (Å²) in [6.45, 7) is 0.415. The number of alkyl halides is 3. The van der Waals surface area contributed by atoms with Gasteiger partial charge in [0.15, 0.2) is 0 Å². The summed E-state index contributed by atoms with van der Waals surface area (Å²) in [5.41, 5.74) is 0.592. The van der Waals surface area contributed by atoms with E-state index in [0.717, 1.165) is 10.0 Å². The number of aromatic nitrogens is 1. The van der Waals surface area contributed by atoms with Crippen LogP contribution in [-0.4, -0.2) is 16.5 Å². The molecule has 0 aliphatic rings. The van der Waals surface area contributed by atoms with Crippen LogP contribution in [0.4, 0.5) is 13.2 Å². The first-order chi connectivity index (χ1) is 8.86. The molecule has 2 aromatic rings. The summed E-state index contributed by atoms with van der Waals surface area (Å²) in [5, 5.41) is 0. The number of benzene rings is 1. The Labute approximate surface area is 116 Å². The third-order valence-electron chi connectivity index (χ3n) is 2.55. The maximum atomic E-state index is 12.3. The zero-order chi connectivity index (χ0) is 14.0. The van der Waals surface area contributed by atoms with Crippen molar-refractivity contribution in [3.05, 3.63) is 58.3 Å². The van der Waals surface area contributed by atoms with Crippen molar-refractivity contribution in [3.8, 4) is 0 Å². The van der Waals surface area contributed by atoms with E-state index in [1.165, 1.54) is 18.5 Å². The smallest absolute Gasteiger partial charge is 0.349 e. The highest BCUT2D eigenvalue weighted by atomic mass is 79.9. The average Bonchev–Trinajstić information content (AvgIpc) is 2.78. The highest BCUT2D eigenvalue weighted by molar-refractivity contribution is 9.10. The quantitative estimate of drug-likeness (QED) is 0.778. The Morgan fingerprint density at radius 2 is 1.79 bits per heavy atom. The van der Waals surface area contributed by atoms with Gasteiger partial charge >= 0.3 is 6.18 Å². The molecule has 0 atom stereocenters. The van der Waals surface area contributed by atoms with Gasteiger partial charge in [-0.15, -0.1) is 0 Å². The molecule has 0 saturated carbocycles. The van der Waals surface area contributed by atoms with Crippen LogP contribution in [0.1, 0.15) is 15.9 Å². The van der Waals surface area contributed by atoms with Crippen LogP contribution in [0.15, 0.2) is 47.2 Å². The van der Waals surface area contributed by atoms with Crippen molar-refractivity contribution >= 4 is 21.7 Å². The van der Waals surface area contributed by atoms with Gasteiger partial charge in [-0.1, -0.05) is 28.1 Å². The molecule has 0 spiro atoms. The van der Waals surface area contributed by atoms with E-state index >= 15 is 0 Å². The highest BCUT2D eigenvalue weighted by Gasteiger charge is 2.39. The fourth-order valence-corrected chi connectivity index (χ4v) is 1.90. The van der Waals surface area contributed by atoms with Gasteiger partial charge in [-0.05, 0) is 23.8 Å². The fourth-order valence-electron chi connectivity index (χ4n) is 1.64. The maximum Gasteiger partial charge on any atom is 0.454 e. The number of carbonyl (C=O) groups is 1. The molecule has 1 aromatic carbocycles. The maximum absolute atomic E-state index is 12.3. The van der Waals surface area contributed by atoms with Crippen LogP contribution < -0.4 is 0 Å². The van der Waals surface area contributed by atoms with Crippen molar-refractivity contribution < 1.29 is 18.0 Å². The molecule has 6 heteroatoms. The van der Waals surface area contributed by atoms with Crippen LogP contribution in [0.3, 0.4) is 0 Å². The molecule has 1 aromatic heterocycles. The van der Waals surface area contributed by atoms with Gasteiger partial charge in [-0.2, -0.15) is 13.2 Å². The molecule has 0 fully saturated rings. The SMILES string of the molecule is O=C(c1ccn(Cc2ccc(Br)cc2)c1)C(F)(F)F. The van der Waals surface area contributed by atoms with Crippen LogP contribution in [0.25, 0.3) is 0 Å². The Bertz CT molecular complexity index is 587. The number of hydrogen-bond donors (Lipinski definition) is 0. The molecule has 2 rings (SSSR count). The van der Waals surface area contributed by atoms with Gasteiger partial charge in [0.25, 0.3) is 5.78 Å². The van der Waals surface area contributed by atoms with E-state index in [-0.39, 0.29) is 5.56 Å². The second kappa shape index (κ2) is 5.21. The summed E-state index contributed by atoms with van der Waals surface area (Å²) in [4.78, 5) is 11.0. The van der Waals surface area contributed by atoms with E-state index in [4.69, 9.17) is 0 Å². The molecule has 0 saturated heterocycles. The molecule has 0 aliphatic heterocycles. The van der Waals surface area contributed by atoms with E-state index in [2.05, 4.69) is 15.9 Å². The van der Waals surface area contributed by atoms with Gasteiger partial charge in [-0.25, -0.2) is 0 Å². The molecule has 0 N–H and O–H groups in total. The summed E-state index contributed by atoms with van der Waals surface area (Å²) in [7, 11) is 0. The van der Waals surface area contributed by atoms with Crippen LogP contribution >= 0.6 is 15.9 Å². The van der Waals surface area contributed by atoms with E-state index in [1.807, 2.05) is 24.3 Å². The minimum Gasteiger partial charge on any atom is -0.349 e. The van der Waals surface area contributed by atoms with Crippen LogP contribution in [0, 0.1) is 0 Å². The predicted octanol–water partition coefficient (Wildman–Crippen LogP) is 4.04. The van der Waals surface area contributed by atoms with Gasteiger partial charge in [0.05, 0.1) is 0 Å². The topological polar surface area (TPSA) is 22.0 Å². The summed E-state index contributed by atoms with van der Waals surface area (Å²) >= 11 is 3.30. The average molecular weight is 332 g/mol. The summed E-state index contributed by atoms with van der Waals surface area (Å²) < 4.78 is 39.2. The van der Waals surface area contributed by atoms with Crippen LogP contribution in [0.2, 0.25) is 0 Å². The Morgan fingerprint density at radius 3 is 2.37 bits per heavy atom. The number of Topliss-reactive ketones (excluding diaryl/α,β-unsaturated/α-hetero) is 1. The van der Waals surface area contributed by atoms with E-state index in [0.29, 0.717) is 6.54 Å². The summed E-state index contributed by atoms with van der Waals surface area (Å²) in [6.07, 6.45) is -2.16. The standard InChI is InChI=1S/C13H9BrF3NO/c14-11-3-1-9(2-4-11)7-18-6-5-10(8-18)12(19)13(15,16)17/h1-6,8H,7H2. The number of halogens is 4. The molecular formula is C13H9BrF3NO. The molecule has 2 nitrogen and oxygen atoms in total. The Kier molecular flexibility index (Phi) is 3.80. The minimum atomic E-state index is -4.83. The molecule has 0 unspecified atom stereocenters. The van der Waals surface area contributed by atoms with E-state index < -0.39 is 12.0 Å². The van der Waals surface area contributed by atoms with Crippen molar-refractivity contribution in [2.24, 2.45) is 0 Å². The minimum absolute atomic E-state index is 0.343. The number of hydrogen-bond acceptors (Lipinski definition) is 1. The van der Waals surface area contributed by atoms with Crippen molar-refractivity contribution in [3.63, 3.8) is 0 Å². The largest absolute Gasteiger partial charge is 0.454 e. The fraction of sp³-hybridized carbons (Fsp3) is 0.154. The molecule has 1 heterocycles. The van der Waals surface area contributed by atoms with Crippen molar-refractivity contribution in [1.29, 1.82) is 0 Å². The molecular weight excluding hydrogens is 323 g/mol. The lowest BCUT2D eigenvalue weighted by atomic mass is 10.2. The second-order valence-corrected chi connectivity index (χ2v) is 4.94. The first-order valence-electron chi connectivity index (χ1n) is 5.38. The molecule has 0 bridgehead atoms. The Morgan fingerprint density at radius 1 is 1.16 bits per heavy atom. The third-order valence-corrected chi connectivity index (χ3v) is 3.08. The number of nitrogens with zero attached hydrogens (tertiary/aromatic N) is 1. The van der Waals surface area contributed by atoms with Gasteiger partial charge in [0, 0.05) is 29.0 Å². The van der Waals surface area contributed by atoms with Crippen LogP contribution in [0.5, 0.6) is 0 Å². The zero-order valence-corrected chi connectivity index (χ0v) is 11.2. The normalized spacial score (nSPS) is 11.6. The molecule has 0 aliphatic carbocycles. The van der Waals surface area contributed by atoms with Gasteiger partial charge in [0.2, 0.25) is 0 Å². The number of ketones is 1. The first kappa shape index (κ1) is 13.9. The molecule has 100 valence electrons. The number of carbonyl (C=O) groups excluding carboxylic acids is 1. The zero-order valence-electron chi connectivity index (χ0n) is 9.62. The molecule has 0 amide bonds. The van der Waals surface area contributed by atoms with Gasteiger partial charge < -0.3 is 4.57 Å². The van der Waals surface area contributed by atoms with Crippen molar-refractivity contribution in [2.45, 2.75) is 12.7 Å². The monoisotopic (exact) mass is 331 g/mol. The molecule has 0 radical (unpaired) electrons. The Hall–Kier alpha value is -1.56. The number of rotatable bonds is 3. The second-order valence-electron chi connectivity index (χ2n) is 4.03. The van der Waals surface area contributed by atoms with E-state index in [1.54, 1.807) is 4.57 Å². The summed E-state index contributed by atoms with van der Waals surface area (Å²) in [5.74, 6) is -1.82. The first-order valence-corrected chi connectivity index (χ1v) is 6.17. The highest BCUT2D eigenvalue weighted by Crippen LogP contribution is 2.22. The van der Waals surface area contributed by atoms with Crippen LogP contribution in [-0.2, 0) is 6.54 Å². The molecule has 19 heavy (non-hydrogen) atoms. The van der Waals surface area contributed by atoms with Gasteiger partial charge in [0.1, 0.15) is 0 Å². The lowest BCUT2D eigenvalue weighted by Gasteiger charge is -2.04. The van der Waals surface area contributed by atoms with E-state index in [9.17, 15) is 18.0 Å².